The van der Waals surface area contributed by atoms with E-state index in [0.717, 1.165) is 25.0 Å². The Balaban J connectivity index is 3.13. The van der Waals surface area contributed by atoms with Gasteiger partial charge in [0.25, 0.3) is 0 Å². The van der Waals surface area contributed by atoms with Crippen molar-refractivity contribution in [1.82, 2.24) is 0 Å². The van der Waals surface area contributed by atoms with Crippen LogP contribution in [0.25, 0.3) is 0 Å². The molecule has 0 radical (unpaired) electrons. The summed E-state index contributed by atoms with van der Waals surface area (Å²) in [4.78, 5) is 12.2. The van der Waals surface area contributed by atoms with Crippen molar-refractivity contribution in [2.24, 2.45) is 0 Å². The maximum atomic E-state index is 13.8. The Labute approximate surface area is 100 Å². The molecule has 94 valence electrons. The van der Waals surface area contributed by atoms with Crippen LogP contribution >= 0.6 is 0 Å². The SMILES string of the molecule is CCCN(CCC)c1c(F)cc(C=O)cc1F. The molecular formula is C13H17F2NO. The van der Waals surface area contributed by atoms with Gasteiger partial charge < -0.3 is 4.90 Å². The fourth-order valence-electron chi connectivity index (χ4n) is 1.83. The molecule has 0 fully saturated rings. The van der Waals surface area contributed by atoms with Gasteiger partial charge in [-0.2, -0.15) is 0 Å². The van der Waals surface area contributed by atoms with E-state index in [0.29, 0.717) is 19.4 Å². The number of nitrogens with zero attached hydrogens (tertiary/aromatic N) is 1. The van der Waals surface area contributed by atoms with Crippen molar-refractivity contribution >= 4 is 12.0 Å². The summed E-state index contributed by atoms with van der Waals surface area (Å²) in [7, 11) is 0. The average molecular weight is 241 g/mol. The first kappa shape index (κ1) is 13.6. The van der Waals surface area contributed by atoms with Crippen molar-refractivity contribution in [1.29, 1.82) is 0 Å². The average Bonchev–Trinajstić information content (AvgIpc) is 2.28. The predicted octanol–water partition coefficient (Wildman–Crippen LogP) is 3.40. The number of benzene rings is 1. The van der Waals surface area contributed by atoms with Gasteiger partial charge in [-0.1, -0.05) is 13.8 Å². The largest absolute Gasteiger partial charge is 0.367 e. The van der Waals surface area contributed by atoms with Gasteiger partial charge in [0.05, 0.1) is 0 Å². The maximum absolute atomic E-state index is 13.8. The zero-order valence-corrected chi connectivity index (χ0v) is 10.2. The number of carbonyl (C=O) groups is 1. The highest BCUT2D eigenvalue weighted by Gasteiger charge is 2.16. The molecule has 0 aliphatic rings. The molecule has 0 saturated carbocycles. The molecule has 2 nitrogen and oxygen atoms in total. The third-order valence-corrected chi connectivity index (χ3v) is 2.48. The molecule has 4 heteroatoms. The van der Waals surface area contributed by atoms with E-state index in [2.05, 4.69) is 0 Å². The van der Waals surface area contributed by atoms with E-state index in [1.165, 1.54) is 0 Å². The van der Waals surface area contributed by atoms with Gasteiger partial charge in [0.1, 0.15) is 23.6 Å². The van der Waals surface area contributed by atoms with Crippen LogP contribution in [0, 0.1) is 11.6 Å². The number of rotatable bonds is 6. The molecule has 1 rings (SSSR count). The van der Waals surface area contributed by atoms with Crippen LogP contribution in [0.4, 0.5) is 14.5 Å². The molecule has 0 aliphatic carbocycles. The van der Waals surface area contributed by atoms with E-state index in [-0.39, 0.29) is 11.3 Å². The van der Waals surface area contributed by atoms with Crippen LogP contribution in [0.15, 0.2) is 12.1 Å². The zero-order valence-electron chi connectivity index (χ0n) is 10.2. The van der Waals surface area contributed by atoms with Gasteiger partial charge in [0.15, 0.2) is 0 Å². The topological polar surface area (TPSA) is 20.3 Å². The van der Waals surface area contributed by atoms with Crippen LogP contribution in [0.3, 0.4) is 0 Å². The van der Waals surface area contributed by atoms with Crippen molar-refractivity contribution in [3.8, 4) is 0 Å². The number of carbonyl (C=O) groups excluding carboxylic acids is 1. The van der Waals surface area contributed by atoms with Crippen LogP contribution in [0.2, 0.25) is 0 Å². The molecular weight excluding hydrogens is 224 g/mol. The quantitative estimate of drug-likeness (QED) is 0.711. The van der Waals surface area contributed by atoms with Crippen LogP contribution in [-0.4, -0.2) is 19.4 Å². The number of hydrogen-bond donors (Lipinski definition) is 0. The molecule has 0 unspecified atom stereocenters. The van der Waals surface area contributed by atoms with Gasteiger partial charge >= 0.3 is 0 Å². The maximum Gasteiger partial charge on any atom is 0.150 e. The Morgan fingerprint density at radius 1 is 1.12 bits per heavy atom. The molecule has 0 saturated heterocycles. The lowest BCUT2D eigenvalue weighted by Crippen LogP contribution is -2.27. The summed E-state index contributed by atoms with van der Waals surface area (Å²) in [6, 6.07) is 2.15. The second-order valence-corrected chi connectivity index (χ2v) is 3.94. The highest BCUT2D eigenvalue weighted by atomic mass is 19.1. The molecule has 0 atom stereocenters. The van der Waals surface area contributed by atoms with E-state index in [1.54, 1.807) is 4.90 Å². The molecule has 0 N–H and O–H groups in total. The molecule has 0 heterocycles. The van der Waals surface area contributed by atoms with E-state index in [1.807, 2.05) is 13.8 Å². The summed E-state index contributed by atoms with van der Waals surface area (Å²) in [6.07, 6.45) is 2.07. The molecule has 17 heavy (non-hydrogen) atoms. The molecule has 1 aromatic rings. The number of halogens is 2. The second-order valence-electron chi connectivity index (χ2n) is 3.94. The van der Waals surface area contributed by atoms with E-state index >= 15 is 0 Å². The van der Waals surface area contributed by atoms with E-state index < -0.39 is 11.6 Å². The van der Waals surface area contributed by atoms with Crippen LogP contribution in [0.5, 0.6) is 0 Å². The predicted molar refractivity (Wildman–Crippen MR) is 64.5 cm³/mol. The van der Waals surface area contributed by atoms with Crippen molar-refractivity contribution < 1.29 is 13.6 Å². The third kappa shape index (κ3) is 3.25. The highest BCUT2D eigenvalue weighted by molar-refractivity contribution is 5.76. The first-order chi connectivity index (χ1) is 8.13. The highest BCUT2D eigenvalue weighted by Crippen LogP contribution is 2.25. The summed E-state index contributed by atoms with van der Waals surface area (Å²) in [6.45, 7) is 5.11. The number of aldehydes is 1. The molecule has 0 aliphatic heterocycles. The summed E-state index contributed by atoms with van der Waals surface area (Å²) in [5, 5.41) is 0. The molecule has 0 aromatic heterocycles. The fourth-order valence-corrected chi connectivity index (χ4v) is 1.83. The molecule has 0 spiro atoms. The lowest BCUT2D eigenvalue weighted by Gasteiger charge is -2.24. The fraction of sp³-hybridized carbons (Fsp3) is 0.462. The first-order valence-corrected chi connectivity index (χ1v) is 5.83. The summed E-state index contributed by atoms with van der Waals surface area (Å²) >= 11 is 0. The summed E-state index contributed by atoms with van der Waals surface area (Å²) < 4.78 is 27.5. The normalized spacial score (nSPS) is 10.4. The van der Waals surface area contributed by atoms with Crippen LogP contribution in [-0.2, 0) is 0 Å². The smallest absolute Gasteiger partial charge is 0.150 e. The van der Waals surface area contributed by atoms with Gasteiger partial charge in [0.2, 0.25) is 0 Å². The second kappa shape index (κ2) is 6.33. The lowest BCUT2D eigenvalue weighted by molar-refractivity contribution is 0.112. The van der Waals surface area contributed by atoms with Gasteiger partial charge in [-0.05, 0) is 25.0 Å². The zero-order chi connectivity index (χ0) is 12.8. The first-order valence-electron chi connectivity index (χ1n) is 5.83. The third-order valence-electron chi connectivity index (χ3n) is 2.48. The Morgan fingerprint density at radius 2 is 1.59 bits per heavy atom. The van der Waals surface area contributed by atoms with Gasteiger partial charge in [-0.25, -0.2) is 8.78 Å². The lowest BCUT2D eigenvalue weighted by atomic mass is 10.1. The molecule has 1 aromatic carbocycles. The minimum Gasteiger partial charge on any atom is -0.367 e. The van der Waals surface area contributed by atoms with Crippen molar-refractivity contribution in [3.05, 3.63) is 29.3 Å². The number of hydrogen-bond acceptors (Lipinski definition) is 2. The van der Waals surface area contributed by atoms with Crippen LogP contribution < -0.4 is 4.90 Å². The minimum atomic E-state index is -0.672. The Bertz CT molecular complexity index is 364. The van der Waals surface area contributed by atoms with Gasteiger partial charge in [-0.3, -0.25) is 4.79 Å². The Morgan fingerprint density at radius 3 is 1.94 bits per heavy atom. The van der Waals surface area contributed by atoms with Gasteiger partial charge in [0, 0.05) is 18.7 Å². The minimum absolute atomic E-state index is 0.0247. The summed E-state index contributed by atoms with van der Waals surface area (Å²) in [5.74, 6) is -1.34. The van der Waals surface area contributed by atoms with Crippen LogP contribution in [0.1, 0.15) is 37.0 Å². The van der Waals surface area contributed by atoms with Crippen molar-refractivity contribution in [2.45, 2.75) is 26.7 Å². The monoisotopic (exact) mass is 241 g/mol. The van der Waals surface area contributed by atoms with Crippen molar-refractivity contribution in [2.75, 3.05) is 18.0 Å². The summed E-state index contributed by atoms with van der Waals surface area (Å²) in [5.41, 5.74) is -0.00371. The Kier molecular flexibility index (Phi) is 5.07. The van der Waals surface area contributed by atoms with E-state index in [9.17, 15) is 13.6 Å². The molecule has 0 amide bonds. The standard InChI is InChI=1S/C13H17F2NO/c1-3-5-16(6-4-2)13-11(14)7-10(9-17)8-12(13)15/h7-9H,3-6H2,1-2H3. The molecule has 0 bridgehead atoms. The van der Waals surface area contributed by atoms with Gasteiger partial charge in [-0.15, -0.1) is 0 Å². The van der Waals surface area contributed by atoms with Crippen molar-refractivity contribution in [3.63, 3.8) is 0 Å². The number of anilines is 1. The Hall–Kier alpha value is -1.45. The van der Waals surface area contributed by atoms with E-state index in [4.69, 9.17) is 0 Å².